The van der Waals surface area contributed by atoms with Crippen molar-refractivity contribution in [1.82, 2.24) is 0 Å². The lowest BCUT2D eigenvalue weighted by Gasteiger charge is -2.20. The molecule has 0 atom stereocenters. The molecule has 90 valence electrons. The molecular formula is C10H21NO3S. The van der Waals surface area contributed by atoms with Gasteiger partial charge in [-0.15, -0.1) is 0 Å². The second-order valence-corrected chi connectivity index (χ2v) is 6.82. The molecule has 0 fully saturated rings. The Labute approximate surface area is 92.2 Å². The summed E-state index contributed by atoms with van der Waals surface area (Å²) in [6.07, 6.45) is 0.696. The van der Waals surface area contributed by atoms with Crippen molar-refractivity contribution in [3.63, 3.8) is 0 Å². The van der Waals surface area contributed by atoms with E-state index < -0.39 is 15.3 Å². The van der Waals surface area contributed by atoms with Crippen LogP contribution in [0, 0.1) is 5.41 Å². The molecule has 0 amide bonds. The molecule has 0 aliphatic rings. The van der Waals surface area contributed by atoms with Gasteiger partial charge in [0.1, 0.15) is 15.6 Å². The van der Waals surface area contributed by atoms with Crippen molar-refractivity contribution in [2.24, 2.45) is 11.1 Å². The zero-order valence-corrected chi connectivity index (χ0v) is 10.6. The normalized spacial score (nSPS) is 12.8. The van der Waals surface area contributed by atoms with E-state index in [-0.39, 0.29) is 17.3 Å². The summed E-state index contributed by atoms with van der Waals surface area (Å²) in [6.45, 7) is 5.47. The Kier molecular flexibility index (Phi) is 5.45. The molecule has 0 bridgehead atoms. The van der Waals surface area contributed by atoms with Gasteiger partial charge < -0.3 is 5.73 Å². The fraction of sp³-hybridized carbons (Fsp3) is 0.900. The van der Waals surface area contributed by atoms with Gasteiger partial charge >= 0.3 is 0 Å². The van der Waals surface area contributed by atoms with E-state index in [1.807, 2.05) is 0 Å². The van der Waals surface area contributed by atoms with Gasteiger partial charge in [-0.1, -0.05) is 20.8 Å². The highest BCUT2D eigenvalue weighted by Gasteiger charge is 2.25. The molecule has 0 aliphatic carbocycles. The Morgan fingerprint density at radius 2 is 1.87 bits per heavy atom. The molecule has 0 saturated heterocycles. The smallest absolute Gasteiger partial charge is 0.150 e. The largest absolute Gasteiger partial charge is 0.329 e. The topological polar surface area (TPSA) is 77.2 Å². The first kappa shape index (κ1) is 14.6. The maximum absolute atomic E-state index is 11.6. The van der Waals surface area contributed by atoms with Crippen molar-refractivity contribution in [3.8, 4) is 0 Å². The third kappa shape index (κ3) is 5.28. The van der Waals surface area contributed by atoms with E-state index in [1.165, 1.54) is 0 Å². The van der Waals surface area contributed by atoms with Crippen LogP contribution in [0.5, 0.6) is 0 Å². The first-order valence-electron chi connectivity index (χ1n) is 5.19. The minimum atomic E-state index is -2.95. The maximum Gasteiger partial charge on any atom is 0.150 e. The summed E-state index contributed by atoms with van der Waals surface area (Å²) < 4.78 is 22.3. The first-order valence-corrected chi connectivity index (χ1v) is 7.01. The highest BCUT2D eigenvalue weighted by atomic mass is 32.2. The molecule has 15 heavy (non-hydrogen) atoms. The number of hydrogen-bond acceptors (Lipinski definition) is 4. The summed E-state index contributed by atoms with van der Waals surface area (Å²) in [4.78, 5) is 11.6. The van der Waals surface area contributed by atoms with Crippen LogP contribution < -0.4 is 5.73 Å². The molecule has 0 rings (SSSR count). The van der Waals surface area contributed by atoms with E-state index in [0.717, 1.165) is 0 Å². The van der Waals surface area contributed by atoms with Crippen LogP contribution in [-0.4, -0.2) is 32.3 Å². The highest BCUT2D eigenvalue weighted by Crippen LogP contribution is 2.17. The number of carbonyl (C=O) groups excluding carboxylic acids is 1. The summed E-state index contributed by atoms with van der Waals surface area (Å²) in [5.41, 5.74) is 4.92. The molecule has 4 nitrogen and oxygen atoms in total. The minimum absolute atomic E-state index is 0.0382. The molecule has 0 unspecified atom stereocenters. The van der Waals surface area contributed by atoms with Gasteiger partial charge in [0.2, 0.25) is 0 Å². The van der Waals surface area contributed by atoms with E-state index >= 15 is 0 Å². The molecule has 0 spiro atoms. The number of ketones is 1. The summed E-state index contributed by atoms with van der Waals surface area (Å²) >= 11 is 0. The molecule has 0 aromatic heterocycles. The lowest BCUT2D eigenvalue weighted by molar-refractivity contribution is -0.126. The number of nitrogens with two attached hydrogens (primary N) is 1. The molecule has 5 heteroatoms. The third-order valence-corrected chi connectivity index (χ3v) is 4.35. The second-order valence-electron chi connectivity index (χ2n) is 4.35. The number of rotatable bonds is 7. The fourth-order valence-electron chi connectivity index (χ4n) is 1.05. The van der Waals surface area contributed by atoms with E-state index in [2.05, 4.69) is 0 Å². The predicted octanol–water partition coefficient (Wildman–Crippen LogP) is 0.755. The van der Waals surface area contributed by atoms with Crippen LogP contribution in [0.25, 0.3) is 0 Å². The SMILES string of the molecule is CCS(=O)(=O)CCCC(=O)C(C)(C)CN. The molecule has 0 aromatic carbocycles. The number of hydrogen-bond donors (Lipinski definition) is 1. The number of Topliss-reactive ketones (excluding diaryl/α,β-unsaturated/α-hetero) is 1. The zero-order valence-electron chi connectivity index (χ0n) is 9.75. The lowest BCUT2D eigenvalue weighted by Crippen LogP contribution is -2.32. The molecule has 2 N–H and O–H groups in total. The quantitative estimate of drug-likeness (QED) is 0.706. The summed E-state index contributed by atoms with van der Waals surface area (Å²) in [7, 11) is -2.95. The predicted molar refractivity (Wildman–Crippen MR) is 61.4 cm³/mol. The monoisotopic (exact) mass is 235 g/mol. The average Bonchev–Trinajstić information content (AvgIpc) is 2.17. The molecular weight excluding hydrogens is 214 g/mol. The van der Waals surface area contributed by atoms with Crippen LogP contribution in [-0.2, 0) is 14.6 Å². The van der Waals surface area contributed by atoms with Crippen molar-refractivity contribution in [3.05, 3.63) is 0 Å². The van der Waals surface area contributed by atoms with Crippen LogP contribution in [0.2, 0.25) is 0 Å². The molecule has 0 saturated carbocycles. The highest BCUT2D eigenvalue weighted by molar-refractivity contribution is 7.91. The van der Waals surface area contributed by atoms with Gasteiger partial charge in [0.25, 0.3) is 0 Å². The average molecular weight is 235 g/mol. The number of sulfone groups is 1. The van der Waals surface area contributed by atoms with Crippen LogP contribution in [0.4, 0.5) is 0 Å². The van der Waals surface area contributed by atoms with Crippen molar-refractivity contribution < 1.29 is 13.2 Å². The van der Waals surface area contributed by atoms with Gasteiger partial charge in [0, 0.05) is 24.1 Å². The Bertz CT molecular complexity index is 307. The number of carbonyl (C=O) groups is 1. The van der Waals surface area contributed by atoms with E-state index in [1.54, 1.807) is 20.8 Å². The fourth-order valence-corrected chi connectivity index (χ4v) is 1.92. The van der Waals surface area contributed by atoms with Gasteiger partial charge in [-0.05, 0) is 6.42 Å². The van der Waals surface area contributed by atoms with Crippen LogP contribution >= 0.6 is 0 Å². The molecule has 0 radical (unpaired) electrons. The van der Waals surface area contributed by atoms with Gasteiger partial charge in [-0.25, -0.2) is 8.42 Å². The maximum atomic E-state index is 11.6. The van der Waals surface area contributed by atoms with Crippen molar-refractivity contribution in [2.75, 3.05) is 18.1 Å². The molecule has 0 aliphatic heterocycles. The van der Waals surface area contributed by atoms with E-state index in [4.69, 9.17) is 5.73 Å². The van der Waals surface area contributed by atoms with Gasteiger partial charge in [-0.3, -0.25) is 4.79 Å². The first-order chi connectivity index (χ1) is 6.75. The zero-order chi connectivity index (χ0) is 12.1. The van der Waals surface area contributed by atoms with Gasteiger partial charge in [-0.2, -0.15) is 0 Å². The Morgan fingerprint density at radius 1 is 1.33 bits per heavy atom. The Balaban J connectivity index is 4.04. The Morgan fingerprint density at radius 3 is 2.27 bits per heavy atom. The molecule has 0 heterocycles. The third-order valence-electron chi connectivity index (χ3n) is 2.56. The second kappa shape index (κ2) is 5.61. The van der Waals surface area contributed by atoms with Crippen molar-refractivity contribution in [2.45, 2.75) is 33.6 Å². The lowest BCUT2D eigenvalue weighted by atomic mass is 9.86. The Hall–Kier alpha value is -0.420. The van der Waals surface area contributed by atoms with Gasteiger partial charge in [0.05, 0.1) is 5.75 Å². The van der Waals surface area contributed by atoms with Crippen LogP contribution in [0.3, 0.4) is 0 Å². The summed E-state index contributed by atoms with van der Waals surface area (Å²) in [5.74, 6) is 0.272. The minimum Gasteiger partial charge on any atom is -0.329 e. The van der Waals surface area contributed by atoms with Crippen molar-refractivity contribution in [1.29, 1.82) is 0 Å². The van der Waals surface area contributed by atoms with Crippen LogP contribution in [0.1, 0.15) is 33.6 Å². The summed E-state index contributed by atoms with van der Waals surface area (Å²) in [5, 5.41) is 0. The summed E-state index contributed by atoms with van der Waals surface area (Å²) in [6, 6.07) is 0. The van der Waals surface area contributed by atoms with E-state index in [9.17, 15) is 13.2 Å². The van der Waals surface area contributed by atoms with Crippen molar-refractivity contribution >= 4 is 15.6 Å². The van der Waals surface area contributed by atoms with Crippen LogP contribution in [0.15, 0.2) is 0 Å². The standard InChI is InChI=1S/C10H21NO3S/c1-4-15(13,14)7-5-6-9(12)10(2,3)8-11/h4-8,11H2,1-3H3. The molecule has 0 aromatic rings. The van der Waals surface area contributed by atoms with E-state index in [0.29, 0.717) is 19.4 Å². The van der Waals surface area contributed by atoms with Gasteiger partial charge in [0.15, 0.2) is 0 Å².